The Bertz CT molecular complexity index is 2040. The van der Waals surface area contributed by atoms with Crippen LogP contribution in [0.3, 0.4) is 0 Å². The summed E-state index contributed by atoms with van der Waals surface area (Å²) in [4.78, 5) is 35.1. The summed E-state index contributed by atoms with van der Waals surface area (Å²) in [5, 5.41) is 7.89. The average molecular weight is 608 g/mol. The minimum Gasteiger partial charge on any atom is -0.371 e. The van der Waals surface area contributed by atoms with Crippen LogP contribution in [0, 0.1) is 6.92 Å². The fourth-order valence-corrected chi connectivity index (χ4v) is 5.58. The van der Waals surface area contributed by atoms with Crippen LogP contribution < -0.4 is 15.5 Å². The lowest BCUT2D eigenvalue weighted by atomic mass is 10.1. The third-order valence-corrected chi connectivity index (χ3v) is 8.07. The fourth-order valence-electron chi connectivity index (χ4n) is 5.32. The molecule has 1 aliphatic rings. The molecule has 3 aromatic carbocycles. The zero-order chi connectivity index (χ0) is 30.3. The van der Waals surface area contributed by atoms with Crippen molar-refractivity contribution in [3.63, 3.8) is 0 Å². The molecule has 0 atom stereocenters. The van der Waals surface area contributed by atoms with Gasteiger partial charge in [-0.15, -0.1) is 0 Å². The first kappa shape index (κ1) is 28.0. The van der Waals surface area contributed by atoms with Gasteiger partial charge in [0.05, 0.1) is 17.4 Å². The second kappa shape index (κ2) is 11.4. The molecule has 12 heteroatoms. The number of pyridine rings is 2. The van der Waals surface area contributed by atoms with E-state index in [4.69, 9.17) is 9.51 Å². The lowest BCUT2D eigenvalue weighted by Gasteiger charge is -2.33. The Morgan fingerprint density at radius 2 is 1.73 bits per heavy atom. The van der Waals surface area contributed by atoms with Gasteiger partial charge in [-0.3, -0.25) is 14.1 Å². The Balaban J connectivity index is 1.20. The predicted molar refractivity (Wildman–Crippen MR) is 172 cm³/mol. The van der Waals surface area contributed by atoms with Gasteiger partial charge < -0.3 is 25.3 Å². The lowest BCUT2D eigenvalue weighted by molar-refractivity contribution is 0.156. The van der Waals surface area contributed by atoms with Crippen molar-refractivity contribution >= 4 is 58.3 Å². The first-order valence-corrected chi connectivity index (χ1v) is 15.7. The van der Waals surface area contributed by atoms with E-state index in [1.54, 1.807) is 17.0 Å². The number of phosphoric acid groups is 1. The Morgan fingerprint density at radius 1 is 0.886 bits per heavy atom. The number of hydrogen-bond donors (Lipinski definition) is 4. The van der Waals surface area contributed by atoms with Crippen LogP contribution in [-0.2, 0) is 15.8 Å². The van der Waals surface area contributed by atoms with E-state index in [-0.39, 0.29) is 0 Å². The number of aryl methyl sites for hydroxylation is 1. The topological polar surface area (TPSA) is 138 Å². The van der Waals surface area contributed by atoms with E-state index in [1.807, 2.05) is 67.6 Å². The van der Waals surface area contributed by atoms with Crippen molar-refractivity contribution in [3.8, 4) is 11.4 Å². The molecule has 1 fully saturated rings. The number of imidazole rings is 1. The number of rotatable bonds is 9. The number of phosphoric ester groups is 1. The van der Waals surface area contributed by atoms with Gasteiger partial charge in [-0.1, -0.05) is 12.1 Å². The van der Waals surface area contributed by atoms with Gasteiger partial charge in [0, 0.05) is 53.0 Å². The summed E-state index contributed by atoms with van der Waals surface area (Å²) in [6.45, 7) is 3.74. The Labute approximate surface area is 253 Å². The lowest BCUT2D eigenvalue weighted by Crippen LogP contribution is -2.36. The first-order valence-electron chi connectivity index (χ1n) is 14.2. The highest BCUT2D eigenvalue weighted by atomic mass is 31.2. The van der Waals surface area contributed by atoms with Crippen molar-refractivity contribution in [2.45, 2.75) is 20.1 Å². The number of nitrogens with one attached hydrogen (secondary N) is 2. The Hall–Kier alpha value is -4.80. The van der Waals surface area contributed by atoms with Gasteiger partial charge in [-0.25, -0.2) is 14.5 Å². The number of benzene rings is 3. The van der Waals surface area contributed by atoms with E-state index in [0.29, 0.717) is 17.0 Å². The molecule has 1 aliphatic heterocycles. The zero-order valence-corrected chi connectivity index (χ0v) is 24.8. The predicted octanol–water partition coefficient (Wildman–Crippen LogP) is 6.72. The molecule has 6 aromatic rings. The second-order valence-electron chi connectivity index (χ2n) is 10.8. The van der Waals surface area contributed by atoms with Gasteiger partial charge in [-0.05, 0) is 85.6 Å². The third kappa shape index (κ3) is 5.86. The number of aromatic nitrogens is 4. The molecule has 3 aromatic heterocycles. The number of fused-ring (bicyclic) bond motifs is 2. The molecule has 222 valence electrons. The van der Waals surface area contributed by atoms with E-state index in [2.05, 4.69) is 43.7 Å². The van der Waals surface area contributed by atoms with E-state index in [0.717, 1.165) is 57.9 Å². The maximum Gasteiger partial charge on any atom is 0.471 e. The molecule has 1 saturated heterocycles. The highest BCUT2D eigenvalue weighted by Gasteiger charge is 2.20. The van der Waals surface area contributed by atoms with Gasteiger partial charge in [-0.2, -0.15) is 0 Å². The quantitative estimate of drug-likeness (QED) is 0.131. The SMILES string of the molecule is Cc1cccc(Nc2cnc3c(c2)nc(-c2ccc(Nc4ccnc5ccc(N6CCC6)cc45)cc2)n3COP(=O)(O)O)c1. The molecule has 0 amide bonds. The van der Waals surface area contributed by atoms with Crippen LogP contribution in [0.1, 0.15) is 12.0 Å². The molecule has 44 heavy (non-hydrogen) atoms. The average Bonchev–Trinajstić information content (AvgIpc) is 3.33. The minimum absolute atomic E-state index is 0.421. The summed E-state index contributed by atoms with van der Waals surface area (Å²) in [5.41, 5.74) is 8.41. The first-order chi connectivity index (χ1) is 21.3. The van der Waals surface area contributed by atoms with Crippen molar-refractivity contribution in [1.82, 2.24) is 19.5 Å². The maximum absolute atomic E-state index is 11.6. The standard InChI is InChI=1S/C32H30N7O4P/c1-21-4-2-5-24(16-21)35-25-17-30-32(34-19-25)39(20-43-44(40,41)42)31(37-30)22-6-8-23(9-7-22)36-29-12-13-33-28-11-10-26(18-27(28)29)38-14-3-15-38/h2,4-13,16-19,35H,3,14-15,20H2,1H3,(H,33,36)(H2,40,41,42). The normalized spacial score (nSPS) is 13.3. The second-order valence-corrected chi connectivity index (χ2v) is 12.0. The molecular weight excluding hydrogens is 577 g/mol. The Kier molecular flexibility index (Phi) is 7.23. The molecule has 0 bridgehead atoms. The zero-order valence-electron chi connectivity index (χ0n) is 23.9. The summed E-state index contributed by atoms with van der Waals surface area (Å²) < 4.78 is 18.0. The van der Waals surface area contributed by atoms with Crippen LogP contribution in [0.25, 0.3) is 33.5 Å². The molecule has 11 nitrogen and oxygen atoms in total. The van der Waals surface area contributed by atoms with Crippen LogP contribution in [0.2, 0.25) is 0 Å². The van der Waals surface area contributed by atoms with Gasteiger partial charge in [0.25, 0.3) is 0 Å². The minimum atomic E-state index is -4.74. The van der Waals surface area contributed by atoms with Crippen molar-refractivity contribution < 1.29 is 18.9 Å². The molecule has 0 radical (unpaired) electrons. The van der Waals surface area contributed by atoms with Gasteiger partial charge in [0.2, 0.25) is 0 Å². The summed E-state index contributed by atoms with van der Waals surface area (Å²) >= 11 is 0. The molecule has 7 rings (SSSR count). The fraction of sp³-hybridized carbons (Fsp3) is 0.156. The van der Waals surface area contributed by atoms with Gasteiger partial charge >= 0.3 is 7.82 Å². The van der Waals surface area contributed by atoms with Crippen molar-refractivity contribution in [3.05, 3.63) is 96.8 Å². The molecule has 4 N–H and O–H groups in total. The van der Waals surface area contributed by atoms with Crippen LogP contribution in [0.4, 0.5) is 28.4 Å². The maximum atomic E-state index is 11.6. The van der Waals surface area contributed by atoms with E-state index in [1.165, 1.54) is 12.1 Å². The molecule has 0 spiro atoms. The number of anilines is 5. The number of hydrogen-bond acceptors (Lipinski definition) is 8. The van der Waals surface area contributed by atoms with E-state index >= 15 is 0 Å². The monoisotopic (exact) mass is 607 g/mol. The van der Waals surface area contributed by atoms with Crippen LogP contribution in [-0.4, -0.2) is 42.4 Å². The third-order valence-electron chi connectivity index (χ3n) is 7.62. The van der Waals surface area contributed by atoms with Crippen molar-refractivity contribution in [1.29, 1.82) is 0 Å². The van der Waals surface area contributed by atoms with Crippen LogP contribution in [0.5, 0.6) is 0 Å². The van der Waals surface area contributed by atoms with Crippen molar-refractivity contribution in [2.24, 2.45) is 0 Å². The van der Waals surface area contributed by atoms with Gasteiger partial charge in [0.1, 0.15) is 18.1 Å². The summed E-state index contributed by atoms with van der Waals surface area (Å²) in [7, 11) is -4.74. The summed E-state index contributed by atoms with van der Waals surface area (Å²) in [6, 6.07) is 25.8. The molecular formula is C32H30N7O4P. The molecule has 0 aliphatic carbocycles. The highest BCUT2D eigenvalue weighted by Crippen LogP contribution is 2.38. The molecule has 4 heterocycles. The molecule has 0 unspecified atom stereocenters. The highest BCUT2D eigenvalue weighted by molar-refractivity contribution is 7.46. The van der Waals surface area contributed by atoms with E-state index < -0.39 is 14.6 Å². The van der Waals surface area contributed by atoms with E-state index in [9.17, 15) is 14.4 Å². The van der Waals surface area contributed by atoms with Crippen molar-refractivity contribution in [2.75, 3.05) is 28.6 Å². The van der Waals surface area contributed by atoms with Gasteiger partial charge in [0.15, 0.2) is 5.65 Å². The summed E-state index contributed by atoms with van der Waals surface area (Å²) in [5.74, 6) is 0.466. The smallest absolute Gasteiger partial charge is 0.371 e. The number of nitrogens with zero attached hydrogens (tertiary/aromatic N) is 5. The van der Waals surface area contributed by atoms with Crippen LogP contribution >= 0.6 is 7.82 Å². The Morgan fingerprint density at radius 3 is 2.48 bits per heavy atom. The van der Waals surface area contributed by atoms with Crippen LogP contribution in [0.15, 0.2) is 91.3 Å². The summed E-state index contributed by atoms with van der Waals surface area (Å²) in [6.07, 6.45) is 4.66. The largest absolute Gasteiger partial charge is 0.471 e. The molecule has 0 saturated carbocycles.